The number of rotatable bonds is 9. The van der Waals surface area contributed by atoms with Crippen LogP contribution in [0.15, 0.2) is 91.0 Å². The van der Waals surface area contributed by atoms with Gasteiger partial charge in [0.1, 0.15) is 0 Å². The zero-order chi connectivity index (χ0) is 22.4. The lowest BCUT2D eigenvalue weighted by molar-refractivity contribution is 0.311. The second-order valence-corrected chi connectivity index (χ2v) is 13.0. The Balaban J connectivity index is 2.24. The minimum Gasteiger partial charge on any atom is -0.261 e. The molecule has 0 radical (unpaired) electrons. The van der Waals surface area contributed by atoms with E-state index in [1.54, 1.807) is 0 Å². The third-order valence-corrected chi connectivity index (χ3v) is 11.6. The maximum absolute atomic E-state index is 2.82. The minimum atomic E-state index is -0.692. The monoisotopic (exact) mass is 450 g/mol. The van der Waals surface area contributed by atoms with Gasteiger partial charge in [0.25, 0.3) is 0 Å². The average Bonchev–Trinajstić information content (AvgIpc) is 2.77. The summed E-state index contributed by atoms with van der Waals surface area (Å²) in [5, 5.41) is 4.24. The highest BCUT2D eigenvalue weighted by Crippen LogP contribution is 2.59. The van der Waals surface area contributed by atoms with Crippen LogP contribution in [0.4, 0.5) is 0 Å². The Labute approximate surface area is 192 Å². The summed E-state index contributed by atoms with van der Waals surface area (Å²) < 4.78 is 5.55. The van der Waals surface area contributed by atoms with Crippen molar-refractivity contribution < 1.29 is 0 Å². The van der Waals surface area contributed by atoms with E-state index in [1.165, 1.54) is 15.9 Å². The van der Waals surface area contributed by atoms with E-state index in [9.17, 15) is 0 Å². The molecule has 0 aliphatic heterocycles. The fraction of sp³-hybridized carbons (Fsp3) is 0.333. The zero-order valence-corrected chi connectivity index (χ0v) is 21.5. The predicted octanol–water partition coefficient (Wildman–Crippen LogP) is 6.50. The van der Waals surface area contributed by atoms with Crippen LogP contribution in [0.3, 0.4) is 0 Å². The Morgan fingerprint density at radius 2 is 0.839 bits per heavy atom. The molecule has 31 heavy (non-hydrogen) atoms. The second kappa shape index (κ2) is 11.3. The molecule has 0 amide bonds. The Morgan fingerprint density at radius 3 is 1.16 bits per heavy atom. The van der Waals surface area contributed by atoms with Gasteiger partial charge in [-0.1, -0.05) is 91.0 Å². The molecule has 0 aliphatic rings. The summed E-state index contributed by atoms with van der Waals surface area (Å²) in [6.45, 7) is 14.1. The topological polar surface area (TPSA) is 6.48 Å². The highest BCUT2D eigenvalue weighted by atomic mass is 31.2. The van der Waals surface area contributed by atoms with Gasteiger partial charge in [0.15, 0.2) is 0 Å². The molecule has 2 nitrogen and oxygen atoms in total. The van der Waals surface area contributed by atoms with Crippen molar-refractivity contribution >= 4 is 32.2 Å². The summed E-state index contributed by atoms with van der Waals surface area (Å²) in [7, 11) is -1.37. The number of benzene rings is 3. The number of hydrogen-bond acceptors (Lipinski definition) is 2. The van der Waals surface area contributed by atoms with Crippen molar-refractivity contribution in [2.45, 2.75) is 59.7 Å². The summed E-state index contributed by atoms with van der Waals surface area (Å²) in [5.41, 5.74) is 0. The van der Waals surface area contributed by atoms with Gasteiger partial charge in [-0.15, -0.1) is 0 Å². The van der Waals surface area contributed by atoms with Crippen molar-refractivity contribution in [1.29, 1.82) is 0 Å². The smallest absolute Gasteiger partial charge is 0.0774 e. The van der Waals surface area contributed by atoms with Crippen LogP contribution in [-0.2, 0) is 0 Å². The third-order valence-electron chi connectivity index (χ3n) is 5.13. The molecule has 3 aromatic rings. The number of nitrogens with zero attached hydrogens (tertiary/aromatic N) is 2. The number of hydrogen-bond donors (Lipinski definition) is 0. The van der Waals surface area contributed by atoms with E-state index in [1.807, 2.05) is 0 Å². The first-order chi connectivity index (χ1) is 14.9. The Bertz CT molecular complexity index is 851. The van der Waals surface area contributed by atoms with Gasteiger partial charge >= 0.3 is 0 Å². The molecule has 0 aromatic heterocycles. The highest BCUT2D eigenvalue weighted by molar-refractivity contribution is 7.81. The van der Waals surface area contributed by atoms with Crippen LogP contribution in [0.25, 0.3) is 0 Å². The standard InChI is InChI=1S/C27H36N2P2/c1-22(2)28(23(3)4)31(27-20-14-9-15-21-27)29(24(5)6)30(25-16-10-7-11-17-25)26-18-12-8-13-19-26/h7-24H,1-6H3. The minimum absolute atomic E-state index is 0.401. The van der Waals surface area contributed by atoms with Gasteiger partial charge < -0.3 is 0 Å². The van der Waals surface area contributed by atoms with E-state index < -0.39 is 16.3 Å². The van der Waals surface area contributed by atoms with E-state index in [2.05, 4.69) is 142 Å². The third kappa shape index (κ3) is 5.82. The van der Waals surface area contributed by atoms with Gasteiger partial charge in [0, 0.05) is 31.5 Å². The first-order valence-corrected chi connectivity index (χ1v) is 13.8. The molecule has 164 valence electrons. The molecule has 0 bridgehead atoms. The van der Waals surface area contributed by atoms with Crippen molar-refractivity contribution in [2.75, 3.05) is 0 Å². The van der Waals surface area contributed by atoms with Crippen molar-refractivity contribution in [3.63, 3.8) is 0 Å². The summed E-state index contributed by atoms with van der Waals surface area (Å²) in [6, 6.07) is 34.7. The van der Waals surface area contributed by atoms with Gasteiger partial charge in [-0.05, 0) is 52.2 Å². The quantitative estimate of drug-likeness (QED) is 0.343. The first-order valence-electron chi connectivity index (χ1n) is 11.2. The second-order valence-electron chi connectivity index (χ2n) is 8.59. The maximum atomic E-state index is 2.82. The SMILES string of the molecule is CC(C)N(C(C)C)P(c1ccccc1)N(C(C)C)P(c1ccccc1)c1ccccc1. The summed E-state index contributed by atoms with van der Waals surface area (Å²) in [5.74, 6) is 0. The van der Waals surface area contributed by atoms with E-state index in [-0.39, 0.29) is 0 Å². The van der Waals surface area contributed by atoms with Crippen LogP contribution in [-0.4, -0.2) is 27.2 Å². The van der Waals surface area contributed by atoms with Gasteiger partial charge in [0.05, 0.1) is 8.22 Å². The molecule has 0 saturated heterocycles. The summed E-state index contributed by atoms with van der Waals surface area (Å²) >= 11 is 0. The molecular formula is C27H36N2P2. The lowest BCUT2D eigenvalue weighted by atomic mass is 10.3. The molecule has 1 unspecified atom stereocenters. The molecular weight excluding hydrogens is 414 g/mol. The fourth-order valence-corrected chi connectivity index (χ4v) is 10.5. The van der Waals surface area contributed by atoms with Crippen molar-refractivity contribution in [3.8, 4) is 0 Å². The molecule has 4 heteroatoms. The Hall–Kier alpha value is -1.56. The lowest BCUT2D eigenvalue weighted by Gasteiger charge is -2.48. The molecule has 3 rings (SSSR count). The van der Waals surface area contributed by atoms with Crippen LogP contribution in [0.2, 0.25) is 0 Å². The van der Waals surface area contributed by atoms with Crippen LogP contribution >= 0.6 is 16.3 Å². The van der Waals surface area contributed by atoms with Crippen molar-refractivity contribution in [3.05, 3.63) is 91.0 Å². The molecule has 0 aliphatic carbocycles. The first kappa shape index (κ1) is 24.1. The molecule has 0 fully saturated rings. The lowest BCUT2D eigenvalue weighted by Crippen LogP contribution is -2.43. The van der Waals surface area contributed by atoms with E-state index >= 15 is 0 Å². The molecule has 0 saturated carbocycles. The van der Waals surface area contributed by atoms with Gasteiger partial charge in [-0.2, -0.15) is 0 Å². The highest BCUT2D eigenvalue weighted by Gasteiger charge is 2.38. The van der Waals surface area contributed by atoms with Crippen LogP contribution in [0, 0.1) is 0 Å². The van der Waals surface area contributed by atoms with Crippen molar-refractivity contribution in [1.82, 2.24) is 9.11 Å². The van der Waals surface area contributed by atoms with E-state index in [0.717, 1.165) is 0 Å². The largest absolute Gasteiger partial charge is 0.261 e. The van der Waals surface area contributed by atoms with Gasteiger partial charge in [-0.25, -0.2) is 4.44 Å². The Kier molecular flexibility index (Phi) is 8.82. The molecule has 0 N–H and O–H groups in total. The molecule has 1 atom stereocenters. The Morgan fingerprint density at radius 1 is 0.484 bits per heavy atom. The van der Waals surface area contributed by atoms with Crippen LogP contribution in [0.5, 0.6) is 0 Å². The molecule has 0 spiro atoms. The molecule has 3 aromatic carbocycles. The van der Waals surface area contributed by atoms with Gasteiger partial charge in [-0.3, -0.25) is 4.67 Å². The normalized spacial score (nSPS) is 13.2. The maximum Gasteiger partial charge on any atom is 0.0774 e. The summed E-state index contributed by atoms with van der Waals surface area (Å²) in [4.78, 5) is 0. The fourth-order valence-electron chi connectivity index (χ4n) is 4.01. The van der Waals surface area contributed by atoms with Crippen LogP contribution < -0.4 is 15.9 Å². The van der Waals surface area contributed by atoms with Gasteiger partial charge in [0.2, 0.25) is 0 Å². The predicted molar refractivity (Wildman–Crippen MR) is 141 cm³/mol. The van der Waals surface area contributed by atoms with E-state index in [4.69, 9.17) is 0 Å². The van der Waals surface area contributed by atoms with Crippen molar-refractivity contribution in [2.24, 2.45) is 0 Å². The average molecular weight is 451 g/mol. The van der Waals surface area contributed by atoms with E-state index in [0.29, 0.717) is 18.1 Å². The summed E-state index contributed by atoms with van der Waals surface area (Å²) in [6.07, 6.45) is 0. The zero-order valence-electron chi connectivity index (χ0n) is 19.7. The molecule has 0 heterocycles. The van der Waals surface area contributed by atoms with Crippen LogP contribution in [0.1, 0.15) is 41.5 Å².